The number of rotatable bonds is 8. The standard InChI is InChI=1S/C23H25N3O4S/c1-17-23(24-22(31-17)16-18-2-6-20(7-3-18)26(27)28)19-4-8-21(9-5-19)30-15-12-25-10-13-29-14-11-25/h2-9H,10-16H2,1H3. The predicted octanol–water partition coefficient (Wildman–Crippen LogP) is 4.33. The SMILES string of the molecule is Cc1sc(Cc2ccc([N+](=O)[O-])cc2)nc1-c1ccc(OCCN2CCOCC2)cc1. The summed E-state index contributed by atoms with van der Waals surface area (Å²) in [5, 5.41) is 11.8. The Kier molecular flexibility index (Phi) is 6.91. The van der Waals surface area contributed by atoms with E-state index in [2.05, 4.69) is 11.8 Å². The molecule has 7 nitrogen and oxygen atoms in total. The molecule has 0 unspecified atom stereocenters. The van der Waals surface area contributed by atoms with Crippen molar-refractivity contribution in [3.63, 3.8) is 0 Å². The highest BCUT2D eigenvalue weighted by atomic mass is 32.1. The van der Waals surface area contributed by atoms with Crippen LogP contribution in [0.5, 0.6) is 5.75 Å². The van der Waals surface area contributed by atoms with Crippen LogP contribution in [0.15, 0.2) is 48.5 Å². The highest BCUT2D eigenvalue weighted by Crippen LogP contribution is 2.30. The number of ether oxygens (including phenoxy) is 2. The average molecular weight is 440 g/mol. The summed E-state index contributed by atoms with van der Waals surface area (Å²) in [6, 6.07) is 14.7. The first kappa shape index (κ1) is 21.4. The van der Waals surface area contributed by atoms with Crippen molar-refractivity contribution in [1.29, 1.82) is 0 Å². The van der Waals surface area contributed by atoms with E-state index in [1.165, 1.54) is 12.1 Å². The lowest BCUT2D eigenvalue weighted by molar-refractivity contribution is -0.384. The average Bonchev–Trinajstić information content (AvgIpc) is 3.15. The van der Waals surface area contributed by atoms with Crippen molar-refractivity contribution in [2.24, 2.45) is 0 Å². The van der Waals surface area contributed by atoms with Gasteiger partial charge in [0.05, 0.1) is 28.8 Å². The lowest BCUT2D eigenvalue weighted by Gasteiger charge is -2.26. The van der Waals surface area contributed by atoms with E-state index in [4.69, 9.17) is 14.5 Å². The molecule has 162 valence electrons. The molecule has 0 spiro atoms. The summed E-state index contributed by atoms with van der Waals surface area (Å²) in [4.78, 5) is 18.7. The largest absolute Gasteiger partial charge is 0.492 e. The first-order chi connectivity index (χ1) is 15.1. The molecule has 0 radical (unpaired) electrons. The molecule has 0 aliphatic carbocycles. The van der Waals surface area contributed by atoms with Crippen LogP contribution in [0.3, 0.4) is 0 Å². The van der Waals surface area contributed by atoms with Crippen molar-refractivity contribution in [3.8, 4) is 17.0 Å². The van der Waals surface area contributed by atoms with Crippen LogP contribution in [0.1, 0.15) is 15.4 Å². The van der Waals surface area contributed by atoms with Gasteiger partial charge in [-0.2, -0.15) is 0 Å². The zero-order chi connectivity index (χ0) is 21.6. The highest BCUT2D eigenvalue weighted by Gasteiger charge is 2.13. The van der Waals surface area contributed by atoms with Gasteiger partial charge in [-0.05, 0) is 36.8 Å². The lowest BCUT2D eigenvalue weighted by Crippen LogP contribution is -2.38. The molecule has 2 heterocycles. The van der Waals surface area contributed by atoms with E-state index >= 15 is 0 Å². The number of hydrogen-bond donors (Lipinski definition) is 0. The van der Waals surface area contributed by atoms with Gasteiger partial charge in [0.25, 0.3) is 5.69 Å². The summed E-state index contributed by atoms with van der Waals surface area (Å²) in [7, 11) is 0. The number of benzene rings is 2. The maximum absolute atomic E-state index is 10.8. The summed E-state index contributed by atoms with van der Waals surface area (Å²) in [6.45, 7) is 7.17. The Morgan fingerprint density at radius 3 is 2.52 bits per heavy atom. The number of hydrogen-bond acceptors (Lipinski definition) is 7. The third-order valence-electron chi connectivity index (χ3n) is 5.25. The van der Waals surface area contributed by atoms with Crippen molar-refractivity contribution in [2.75, 3.05) is 39.5 Å². The maximum atomic E-state index is 10.8. The zero-order valence-electron chi connectivity index (χ0n) is 17.5. The van der Waals surface area contributed by atoms with E-state index in [1.807, 2.05) is 24.3 Å². The highest BCUT2D eigenvalue weighted by molar-refractivity contribution is 7.12. The topological polar surface area (TPSA) is 77.7 Å². The molecule has 1 saturated heterocycles. The number of aromatic nitrogens is 1. The summed E-state index contributed by atoms with van der Waals surface area (Å²) in [6.07, 6.45) is 0.659. The van der Waals surface area contributed by atoms with Crippen molar-refractivity contribution in [1.82, 2.24) is 9.88 Å². The number of thiazole rings is 1. The molecule has 31 heavy (non-hydrogen) atoms. The van der Waals surface area contributed by atoms with Gasteiger partial charge in [-0.3, -0.25) is 15.0 Å². The number of non-ortho nitro benzene ring substituents is 1. The van der Waals surface area contributed by atoms with E-state index in [0.717, 1.165) is 65.3 Å². The molecule has 2 aromatic carbocycles. The molecule has 1 aliphatic heterocycles. The molecule has 0 bridgehead atoms. The second-order valence-corrected chi connectivity index (χ2v) is 8.73. The summed E-state index contributed by atoms with van der Waals surface area (Å²) >= 11 is 1.66. The fourth-order valence-corrected chi connectivity index (χ4v) is 4.52. The Balaban J connectivity index is 1.35. The smallest absolute Gasteiger partial charge is 0.269 e. The van der Waals surface area contributed by atoms with Gasteiger partial charge in [0.1, 0.15) is 12.4 Å². The van der Waals surface area contributed by atoms with E-state index in [9.17, 15) is 10.1 Å². The van der Waals surface area contributed by atoms with Gasteiger partial charge in [-0.25, -0.2) is 4.98 Å². The van der Waals surface area contributed by atoms with E-state index in [0.29, 0.717) is 13.0 Å². The maximum Gasteiger partial charge on any atom is 0.269 e. The van der Waals surface area contributed by atoms with E-state index in [1.54, 1.807) is 23.5 Å². The van der Waals surface area contributed by atoms with Gasteiger partial charge in [0.2, 0.25) is 0 Å². The summed E-state index contributed by atoms with van der Waals surface area (Å²) in [5.74, 6) is 0.857. The minimum Gasteiger partial charge on any atom is -0.492 e. The number of nitrogens with zero attached hydrogens (tertiary/aromatic N) is 3. The zero-order valence-corrected chi connectivity index (χ0v) is 18.3. The van der Waals surface area contributed by atoms with Crippen LogP contribution >= 0.6 is 11.3 Å². The molecule has 4 rings (SSSR count). The number of morpholine rings is 1. The molecular formula is C23H25N3O4S. The van der Waals surface area contributed by atoms with Gasteiger partial charge in [0.15, 0.2) is 0 Å². The molecule has 1 fully saturated rings. The number of aryl methyl sites for hydroxylation is 1. The summed E-state index contributed by atoms with van der Waals surface area (Å²) in [5.41, 5.74) is 3.15. The van der Waals surface area contributed by atoms with Crippen LogP contribution in [0.25, 0.3) is 11.3 Å². The van der Waals surface area contributed by atoms with Crippen molar-refractivity contribution >= 4 is 17.0 Å². The summed E-state index contributed by atoms with van der Waals surface area (Å²) < 4.78 is 11.3. The van der Waals surface area contributed by atoms with Crippen molar-refractivity contribution in [2.45, 2.75) is 13.3 Å². The third kappa shape index (κ3) is 5.66. The minimum absolute atomic E-state index is 0.104. The second kappa shape index (κ2) is 10.00. The number of nitro benzene ring substituents is 1. The molecule has 0 N–H and O–H groups in total. The Hall–Kier alpha value is -2.81. The molecule has 8 heteroatoms. The Morgan fingerprint density at radius 1 is 1.13 bits per heavy atom. The van der Waals surface area contributed by atoms with Crippen molar-refractivity contribution in [3.05, 3.63) is 74.1 Å². The Morgan fingerprint density at radius 2 is 1.84 bits per heavy atom. The minimum atomic E-state index is -0.383. The van der Waals surface area contributed by atoms with E-state index in [-0.39, 0.29) is 10.6 Å². The van der Waals surface area contributed by atoms with Crippen LogP contribution in [-0.2, 0) is 11.2 Å². The first-order valence-corrected chi connectivity index (χ1v) is 11.1. The Labute approximate surface area is 185 Å². The van der Waals surface area contributed by atoms with Gasteiger partial charge in [-0.15, -0.1) is 11.3 Å². The molecular weight excluding hydrogens is 414 g/mol. The molecule has 3 aromatic rings. The quantitative estimate of drug-likeness (QED) is 0.384. The van der Waals surface area contributed by atoms with Gasteiger partial charge >= 0.3 is 0 Å². The van der Waals surface area contributed by atoms with E-state index < -0.39 is 0 Å². The molecule has 0 atom stereocenters. The normalized spacial score (nSPS) is 14.5. The van der Waals surface area contributed by atoms with Gasteiger partial charge < -0.3 is 9.47 Å². The lowest BCUT2D eigenvalue weighted by atomic mass is 10.1. The molecule has 1 aromatic heterocycles. The molecule has 0 saturated carbocycles. The van der Waals surface area contributed by atoms with Crippen LogP contribution < -0.4 is 4.74 Å². The van der Waals surface area contributed by atoms with Crippen LogP contribution in [0.2, 0.25) is 0 Å². The van der Waals surface area contributed by atoms with Gasteiger partial charge in [0, 0.05) is 48.6 Å². The van der Waals surface area contributed by atoms with Crippen LogP contribution in [-0.4, -0.2) is 54.3 Å². The molecule has 1 aliphatic rings. The molecule has 0 amide bonds. The van der Waals surface area contributed by atoms with Gasteiger partial charge in [-0.1, -0.05) is 12.1 Å². The monoisotopic (exact) mass is 439 g/mol. The van der Waals surface area contributed by atoms with Crippen molar-refractivity contribution < 1.29 is 14.4 Å². The number of nitro groups is 1. The Bertz CT molecular complexity index is 1010. The van der Waals surface area contributed by atoms with Crippen LogP contribution in [0, 0.1) is 17.0 Å². The fourth-order valence-electron chi connectivity index (χ4n) is 3.53. The second-order valence-electron chi connectivity index (χ2n) is 7.44. The van der Waals surface area contributed by atoms with Crippen LogP contribution in [0.4, 0.5) is 5.69 Å². The fraction of sp³-hybridized carbons (Fsp3) is 0.348. The first-order valence-electron chi connectivity index (χ1n) is 10.3. The third-order valence-corrected chi connectivity index (χ3v) is 6.22. The predicted molar refractivity (Wildman–Crippen MR) is 121 cm³/mol.